The second-order valence-electron chi connectivity index (χ2n) is 7.14. The quantitative estimate of drug-likeness (QED) is 0.403. The summed E-state index contributed by atoms with van der Waals surface area (Å²) in [6, 6.07) is -1.74. The fraction of sp³-hybridized carbons (Fsp3) is 0.812. The molecular weight excluding hydrogens is 342 g/mol. The first-order valence-electron chi connectivity index (χ1n) is 8.27. The van der Waals surface area contributed by atoms with Crippen LogP contribution in [0.4, 0.5) is 17.6 Å². The monoisotopic (exact) mass is 367 g/mol. The second kappa shape index (κ2) is 7.59. The van der Waals surface area contributed by atoms with Crippen molar-refractivity contribution in [1.29, 1.82) is 0 Å². The highest BCUT2D eigenvalue weighted by Gasteiger charge is 2.58. The zero-order chi connectivity index (χ0) is 18.8. The molecule has 1 N–H and O–H groups in total. The van der Waals surface area contributed by atoms with Gasteiger partial charge in [-0.2, -0.15) is 0 Å². The summed E-state index contributed by atoms with van der Waals surface area (Å²) in [4.78, 5) is 12.1. The van der Waals surface area contributed by atoms with Crippen molar-refractivity contribution >= 4 is 5.97 Å². The number of nitrogens with one attached hydrogen (secondary N) is 1. The summed E-state index contributed by atoms with van der Waals surface area (Å²) < 4.78 is 59.0. The third kappa shape index (κ3) is 4.51. The lowest BCUT2D eigenvalue weighted by Gasteiger charge is -2.35. The summed E-state index contributed by atoms with van der Waals surface area (Å²) in [7, 11) is 0. The Kier molecular flexibility index (Phi) is 6.11. The van der Waals surface area contributed by atoms with Crippen molar-refractivity contribution < 1.29 is 27.1 Å². The van der Waals surface area contributed by atoms with Gasteiger partial charge in [-0.1, -0.05) is 12.7 Å². The third-order valence-electron chi connectivity index (χ3n) is 4.71. The van der Waals surface area contributed by atoms with Gasteiger partial charge in [0.25, 0.3) is 12.3 Å². The van der Waals surface area contributed by atoms with Crippen LogP contribution in [0.25, 0.3) is 0 Å². The van der Waals surface area contributed by atoms with Gasteiger partial charge < -0.3 is 10.1 Å². The number of fused-ring (bicyclic) bond motifs is 1. The van der Waals surface area contributed by atoms with E-state index in [0.717, 1.165) is 0 Å². The molecule has 9 heteroatoms. The molecule has 0 aromatic carbocycles. The number of hydrogen-bond acceptors (Lipinski definition) is 5. The van der Waals surface area contributed by atoms with Crippen LogP contribution < -0.4 is 5.32 Å². The summed E-state index contributed by atoms with van der Waals surface area (Å²) in [6.07, 6.45) is -0.976. The highest BCUT2D eigenvalue weighted by atomic mass is 19.3. The standard InChI is InChI=1S/C16H25F4N3O2/c1-4-7-25-14(24)15(2,3)5-6-23-13-11(21-10-16(13,19)20)8-22(23)9-12(17)18/h4,11-13,21H,1,5-10H2,2-3H3/t11-,13+/m1/s1. The minimum Gasteiger partial charge on any atom is -0.461 e. The number of alkyl halides is 4. The molecule has 0 aromatic heterocycles. The number of ether oxygens (including phenoxy) is 1. The maximum absolute atomic E-state index is 14.2. The van der Waals surface area contributed by atoms with Crippen LogP contribution in [0.15, 0.2) is 12.7 Å². The second-order valence-corrected chi connectivity index (χ2v) is 7.14. The van der Waals surface area contributed by atoms with E-state index in [2.05, 4.69) is 11.9 Å². The molecule has 144 valence electrons. The molecule has 0 saturated carbocycles. The van der Waals surface area contributed by atoms with Crippen LogP contribution in [0.5, 0.6) is 0 Å². The van der Waals surface area contributed by atoms with Crippen molar-refractivity contribution in [1.82, 2.24) is 15.3 Å². The minimum absolute atomic E-state index is 0.0657. The van der Waals surface area contributed by atoms with Crippen LogP contribution in [0.1, 0.15) is 20.3 Å². The van der Waals surface area contributed by atoms with Crippen molar-refractivity contribution in [3.8, 4) is 0 Å². The molecule has 2 fully saturated rings. The maximum atomic E-state index is 14.2. The Labute approximate surface area is 144 Å². The molecule has 2 atom stereocenters. The molecular formula is C16H25F4N3O2. The molecule has 2 aliphatic heterocycles. The molecule has 0 unspecified atom stereocenters. The van der Waals surface area contributed by atoms with E-state index in [0.29, 0.717) is 0 Å². The number of carbonyl (C=O) groups excluding carboxylic acids is 1. The predicted molar refractivity (Wildman–Crippen MR) is 84.4 cm³/mol. The van der Waals surface area contributed by atoms with Crippen LogP contribution in [0, 0.1) is 5.41 Å². The normalized spacial score (nSPS) is 26.8. The Balaban J connectivity index is 2.07. The minimum atomic E-state index is -3.00. The first kappa shape index (κ1) is 20.1. The Morgan fingerprint density at radius 2 is 2.16 bits per heavy atom. The molecule has 0 spiro atoms. The van der Waals surface area contributed by atoms with Gasteiger partial charge in [0.2, 0.25) is 0 Å². The Hall–Kier alpha value is -1.19. The van der Waals surface area contributed by atoms with Gasteiger partial charge >= 0.3 is 5.97 Å². The lowest BCUT2D eigenvalue weighted by molar-refractivity contribution is -0.155. The number of nitrogens with zero attached hydrogens (tertiary/aromatic N) is 2. The van der Waals surface area contributed by atoms with Crippen LogP contribution in [-0.4, -0.2) is 73.2 Å². The average Bonchev–Trinajstić information content (AvgIpc) is 2.99. The van der Waals surface area contributed by atoms with Gasteiger partial charge in [0.1, 0.15) is 12.6 Å². The first-order chi connectivity index (χ1) is 11.6. The number of rotatable bonds is 8. The highest BCUT2D eigenvalue weighted by Crippen LogP contribution is 2.37. The summed E-state index contributed by atoms with van der Waals surface area (Å²) in [5, 5.41) is 5.28. The number of hydrazine groups is 1. The van der Waals surface area contributed by atoms with Crippen LogP contribution >= 0.6 is 0 Å². The SMILES string of the molecule is C=CCOC(=O)C(C)(C)CCN1[C@H]2[C@@H](CN1CC(F)F)NCC2(F)F. The smallest absolute Gasteiger partial charge is 0.311 e. The Morgan fingerprint density at radius 3 is 2.76 bits per heavy atom. The molecule has 25 heavy (non-hydrogen) atoms. The molecule has 2 rings (SSSR count). The fourth-order valence-corrected chi connectivity index (χ4v) is 3.32. The number of esters is 1. The molecule has 0 radical (unpaired) electrons. The van der Waals surface area contributed by atoms with Crippen LogP contribution in [0.3, 0.4) is 0 Å². The van der Waals surface area contributed by atoms with Crippen molar-refractivity contribution in [3.63, 3.8) is 0 Å². The summed E-state index contributed by atoms with van der Waals surface area (Å²) in [5.74, 6) is -3.48. The average molecular weight is 367 g/mol. The van der Waals surface area contributed by atoms with E-state index in [4.69, 9.17) is 4.74 Å². The summed E-state index contributed by atoms with van der Waals surface area (Å²) in [5.41, 5.74) is -0.918. The van der Waals surface area contributed by atoms with E-state index < -0.39 is 48.9 Å². The van der Waals surface area contributed by atoms with Gasteiger partial charge in [-0.15, -0.1) is 0 Å². The van der Waals surface area contributed by atoms with Gasteiger partial charge in [0.05, 0.1) is 18.5 Å². The van der Waals surface area contributed by atoms with Crippen molar-refractivity contribution in [2.45, 2.75) is 44.7 Å². The summed E-state index contributed by atoms with van der Waals surface area (Å²) >= 11 is 0. The molecule has 0 amide bonds. The third-order valence-corrected chi connectivity index (χ3v) is 4.71. The van der Waals surface area contributed by atoms with Gasteiger partial charge in [-0.3, -0.25) is 4.79 Å². The first-order valence-corrected chi connectivity index (χ1v) is 8.27. The van der Waals surface area contributed by atoms with Crippen LogP contribution in [-0.2, 0) is 9.53 Å². The molecule has 2 heterocycles. The number of halogens is 4. The van der Waals surface area contributed by atoms with Gasteiger partial charge in [0.15, 0.2) is 0 Å². The molecule has 0 aromatic rings. The molecule has 0 aliphatic carbocycles. The predicted octanol–water partition coefficient (Wildman–Crippen LogP) is 1.91. The van der Waals surface area contributed by atoms with Gasteiger partial charge in [0, 0.05) is 19.1 Å². The number of carbonyl (C=O) groups is 1. The van der Waals surface area contributed by atoms with Crippen molar-refractivity contribution in [3.05, 3.63) is 12.7 Å². The lowest BCUT2D eigenvalue weighted by atomic mass is 9.89. The van der Waals surface area contributed by atoms with E-state index in [9.17, 15) is 22.4 Å². The highest BCUT2D eigenvalue weighted by molar-refractivity contribution is 5.75. The molecule has 5 nitrogen and oxygen atoms in total. The Bertz CT molecular complexity index is 502. The van der Waals surface area contributed by atoms with E-state index in [-0.39, 0.29) is 26.1 Å². The molecule has 2 saturated heterocycles. The Morgan fingerprint density at radius 1 is 1.48 bits per heavy atom. The van der Waals surface area contributed by atoms with Crippen LogP contribution in [0.2, 0.25) is 0 Å². The van der Waals surface area contributed by atoms with E-state index >= 15 is 0 Å². The molecule has 0 bridgehead atoms. The van der Waals surface area contributed by atoms with E-state index in [1.165, 1.54) is 16.1 Å². The lowest BCUT2D eigenvalue weighted by Crippen LogP contribution is -2.51. The van der Waals surface area contributed by atoms with Gasteiger partial charge in [-0.05, 0) is 20.3 Å². The zero-order valence-corrected chi connectivity index (χ0v) is 14.5. The fourth-order valence-electron chi connectivity index (χ4n) is 3.32. The van der Waals surface area contributed by atoms with Crippen molar-refractivity contribution in [2.24, 2.45) is 5.41 Å². The maximum Gasteiger partial charge on any atom is 0.311 e. The van der Waals surface area contributed by atoms with E-state index in [1.54, 1.807) is 13.8 Å². The topological polar surface area (TPSA) is 44.8 Å². The summed E-state index contributed by atoms with van der Waals surface area (Å²) in [6.45, 7) is 5.92. The largest absolute Gasteiger partial charge is 0.461 e. The van der Waals surface area contributed by atoms with E-state index in [1.807, 2.05) is 0 Å². The zero-order valence-electron chi connectivity index (χ0n) is 14.5. The molecule has 2 aliphatic rings. The number of hydrogen-bond donors (Lipinski definition) is 1. The van der Waals surface area contributed by atoms with Crippen molar-refractivity contribution in [2.75, 3.05) is 32.8 Å². The van der Waals surface area contributed by atoms with Gasteiger partial charge in [-0.25, -0.2) is 27.6 Å².